The van der Waals surface area contributed by atoms with E-state index in [2.05, 4.69) is 15.5 Å². The maximum Gasteiger partial charge on any atom is 0.269 e. The average Bonchev–Trinajstić information content (AvgIpc) is 3.19. The summed E-state index contributed by atoms with van der Waals surface area (Å²) in [7, 11) is 1.58. The van der Waals surface area contributed by atoms with Crippen molar-refractivity contribution >= 4 is 28.4 Å². The molecule has 0 aliphatic heterocycles. The molecule has 0 aliphatic carbocycles. The van der Waals surface area contributed by atoms with Crippen LogP contribution in [0.5, 0.6) is 5.75 Å². The number of hydrazone groups is 1. The topological polar surface area (TPSA) is 113 Å². The Morgan fingerprint density at radius 2 is 1.96 bits per heavy atom. The number of hydrogen-bond acceptors (Lipinski definition) is 8. The zero-order valence-electron chi connectivity index (χ0n) is 14.1. The van der Waals surface area contributed by atoms with Gasteiger partial charge in [0.1, 0.15) is 11.8 Å². The van der Waals surface area contributed by atoms with Crippen molar-refractivity contribution in [3.63, 3.8) is 0 Å². The maximum absolute atomic E-state index is 10.7. The second-order valence-corrected chi connectivity index (χ2v) is 6.11. The van der Waals surface area contributed by atoms with Crippen LogP contribution in [-0.4, -0.2) is 22.7 Å². The number of rotatable bonds is 6. The number of nitrogens with one attached hydrogen (secondary N) is 1. The summed E-state index contributed by atoms with van der Waals surface area (Å²) in [5.41, 5.74) is 5.02. The van der Waals surface area contributed by atoms with Gasteiger partial charge in [-0.15, -0.1) is 11.3 Å². The van der Waals surface area contributed by atoms with Gasteiger partial charge in [0.15, 0.2) is 10.7 Å². The highest BCUT2D eigenvalue weighted by molar-refractivity contribution is 7.12. The number of ether oxygens (including phenoxy) is 1. The highest BCUT2D eigenvalue weighted by atomic mass is 32.1. The van der Waals surface area contributed by atoms with Crippen LogP contribution in [0.1, 0.15) is 5.01 Å². The predicted molar refractivity (Wildman–Crippen MR) is 103 cm³/mol. The van der Waals surface area contributed by atoms with Crippen molar-refractivity contribution in [3.05, 3.63) is 69.0 Å². The van der Waals surface area contributed by atoms with Crippen LogP contribution in [0.2, 0.25) is 0 Å². The van der Waals surface area contributed by atoms with Crippen molar-refractivity contribution < 1.29 is 9.66 Å². The molecule has 8 nitrogen and oxygen atoms in total. The molecule has 0 atom stereocenters. The Balaban J connectivity index is 1.78. The minimum atomic E-state index is -0.457. The number of anilines is 1. The Bertz CT molecular complexity index is 1020. The third-order valence-corrected chi connectivity index (χ3v) is 4.42. The predicted octanol–water partition coefficient (Wildman–Crippen LogP) is 4.07. The fourth-order valence-electron chi connectivity index (χ4n) is 2.18. The van der Waals surface area contributed by atoms with Gasteiger partial charge in [-0.2, -0.15) is 10.4 Å². The number of nitro groups is 1. The van der Waals surface area contributed by atoms with Gasteiger partial charge in [-0.3, -0.25) is 15.5 Å². The maximum atomic E-state index is 10.7. The van der Waals surface area contributed by atoms with Gasteiger partial charge < -0.3 is 4.74 Å². The van der Waals surface area contributed by atoms with Gasteiger partial charge in [-0.1, -0.05) is 0 Å². The van der Waals surface area contributed by atoms with E-state index in [0.717, 1.165) is 11.3 Å². The van der Waals surface area contributed by atoms with Crippen LogP contribution < -0.4 is 10.2 Å². The lowest BCUT2D eigenvalue weighted by Crippen LogP contribution is -2.01. The van der Waals surface area contributed by atoms with E-state index in [1.807, 2.05) is 6.07 Å². The number of aromatic nitrogens is 1. The normalized spacial score (nSPS) is 10.9. The third kappa shape index (κ3) is 4.26. The fourth-order valence-corrected chi connectivity index (χ4v) is 2.94. The number of hydrogen-bond donors (Lipinski definition) is 1. The lowest BCUT2D eigenvalue weighted by atomic mass is 10.1. The molecular formula is C18H13N5O3S. The van der Waals surface area contributed by atoms with Crippen molar-refractivity contribution in [2.75, 3.05) is 12.5 Å². The second-order valence-electron chi connectivity index (χ2n) is 5.25. The largest absolute Gasteiger partial charge is 0.497 e. The summed E-state index contributed by atoms with van der Waals surface area (Å²) < 4.78 is 5.09. The molecule has 0 fully saturated rings. The summed E-state index contributed by atoms with van der Waals surface area (Å²) >= 11 is 1.27. The van der Waals surface area contributed by atoms with Crippen molar-refractivity contribution in [3.8, 4) is 23.1 Å². The van der Waals surface area contributed by atoms with Gasteiger partial charge in [-0.25, -0.2) is 4.98 Å². The standard InChI is InChI=1S/C18H13N5O3S/c1-26-15-8-4-13(5-9-15)21-22-16(10-19)18-20-17(11-27-18)12-2-6-14(7-3-12)23(24)25/h2-9,11,21H,1H3. The van der Waals surface area contributed by atoms with Gasteiger partial charge in [0.05, 0.1) is 23.4 Å². The highest BCUT2D eigenvalue weighted by Crippen LogP contribution is 2.24. The molecule has 0 spiro atoms. The first kappa shape index (κ1) is 18.0. The quantitative estimate of drug-likeness (QED) is 0.392. The summed E-state index contributed by atoms with van der Waals surface area (Å²) in [6.07, 6.45) is 0. The van der Waals surface area contributed by atoms with Crippen LogP contribution in [-0.2, 0) is 0 Å². The van der Waals surface area contributed by atoms with Crippen LogP contribution in [0.4, 0.5) is 11.4 Å². The molecule has 2 aromatic carbocycles. The number of nitrogens with zero attached hydrogens (tertiary/aromatic N) is 4. The summed E-state index contributed by atoms with van der Waals surface area (Å²) in [4.78, 5) is 14.7. The second kappa shape index (κ2) is 8.07. The Morgan fingerprint density at radius 3 is 2.56 bits per heavy atom. The van der Waals surface area contributed by atoms with Gasteiger partial charge in [0.2, 0.25) is 0 Å². The van der Waals surface area contributed by atoms with E-state index < -0.39 is 4.92 Å². The molecule has 0 bridgehead atoms. The molecule has 0 saturated heterocycles. The highest BCUT2D eigenvalue weighted by Gasteiger charge is 2.12. The Labute approximate surface area is 158 Å². The van der Waals surface area contributed by atoms with E-state index in [1.165, 1.54) is 23.5 Å². The van der Waals surface area contributed by atoms with Crippen LogP contribution in [0.15, 0.2) is 59.0 Å². The van der Waals surface area contributed by atoms with E-state index in [0.29, 0.717) is 16.4 Å². The number of nitro benzene ring substituents is 1. The molecule has 27 heavy (non-hydrogen) atoms. The van der Waals surface area contributed by atoms with Crippen molar-refractivity contribution in [2.45, 2.75) is 0 Å². The first-order chi connectivity index (χ1) is 13.1. The van der Waals surface area contributed by atoms with E-state index in [1.54, 1.807) is 48.9 Å². The molecule has 3 rings (SSSR count). The Hall–Kier alpha value is -3.77. The molecular weight excluding hydrogens is 366 g/mol. The monoisotopic (exact) mass is 379 g/mol. The smallest absolute Gasteiger partial charge is 0.269 e. The molecule has 0 radical (unpaired) electrons. The number of benzene rings is 2. The van der Waals surface area contributed by atoms with Gasteiger partial charge in [-0.05, 0) is 36.4 Å². The lowest BCUT2D eigenvalue weighted by Gasteiger charge is -2.02. The summed E-state index contributed by atoms with van der Waals surface area (Å²) in [5.74, 6) is 0.720. The van der Waals surface area contributed by atoms with Crippen LogP contribution in [0, 0.1) is 21.4 Å². The fraction of sp³-hybridized carbons (Fsp3) is 0.0556. The summed E-state index contributed by atoms with van der Waals surface area (Å²) in [6, 6.07) is 15.2. The minimum absolute atomic E-state index is 0.0113. The molecule has 0 aliphatic rings. The molecule has 9 heteroatoms. The summed E-state index contributed by atoms with van der Waals surface area (Å²) in [5, 5.41) is 26.4. The van der Waals surface area contributed by atoms with Gasteiger partial charge in [0, 0.05) is 23.1 Å². The molecule has 0 unspecified atom stereocenters. The first-order valence-corrected chi connectivity index (χ1v) is 8.57. The molecule has 3 aromatic rings. The number of non-ortho nitro benzene ring substituents is 1. The molecule has 1 N–H and O–H groups in total. The molecule has 0 saturated carbocycles. The van der Waals surface area contributed by atoms with Gasteiger partial charge >= 0.3 is 0 Å². The molecule has 0 amide bonds. The SMILES string of the molecule is COc1ccc(NN=C(C#N)c2nc(-c3ccc([N+](=O)[O-])cc3)cs2)cc1. The van der Waals surface area contributed by atoms with Crippen LogP contribution >= 0.6 is 11.3 Å². The first-order valence-electron chi connectivity index (χ1n) is 7.69. The number of methoxy groups -OCH3 is 1. The van der Waals surface area contributed by atoms with E-state index in [4.69, 9.17) is 4.74 Å². The molecule has 1 aromatic heterocycles. The van der Waals surface area contributed by atoms with E-state index in [-0.39, 0.29) is 11.4 Å². The van der Waals surface area contributed by atoms with E-state index in [9.17, 15) is 15.4 Å². The minimum Gasteiger partial charge on any atom is -0.497 e. The number of thiazole rings is 1. The Kier molecular flexibility index (Phi) is 5.39. The zero-order valence-corrected chi connectivity index (χ0v) is 14.9. The average molecular weight is 379 g/mol. The zero-order chi connectivity index (χ0) is 19.2. The number of nitriles is 1. The summed E-state index contributed by atoms with van der Waals surface area (Å²) in [6.45, 7) is 0. The van der Waals surface area contributed by atoms with E-state index >= 15 is 0 Å². The third-order valence-electron chi connectivity index (χ3n) is 3.57. The molecule has 1 heterocycles. The lowest BCUT2D eigenvalue weighted by molar-refractivity contribution is -0.384. The molecule has 134 valence electrons. The van der Waals surface area contributed by atoms with Crippen molar-refractivity contribution in [1.82, 2.24) is 4.98 Å². The van der Waals surface area contributed by atoms with Gasteiger partial charge in [0.25, 0.3) is 5.69 Å². The van der Waals surface area contributed by atoms with Crippen molar-refractivity contribution in [1.29, 1.82) is 5.26 Å². The Morgan fingerprint density at radius 1 is 1.26 bits per heavy atom. The van der Waals surface area contributed by atoms with Crippen LogP contribution in [0.25, 0.3) is 11.3 Å². The van der Waals surface area contributed by atoms with Crippen LogP contribution in [0.3, 0.4) is 0 Å². The van der Waals surface area contributed by atoms with Crippen molar-refractivity contribution in [2.24, 2.45) is 5.10 Å².